The first-order valence-corrected chi connectivity index (χ1v) is 9.16. The molecule has 0 saturated carbocycles. The summed E-state index contributed by atoms with van der Waals surface area (Å²) in [5.41, 5.74) is 6.24. The van der Waals surface area contributed by atoms with Crippen molar-refractivity contribution in [1.82, 2.24) is 15.3 Å². The maximum Gasteiger partial charge on any atom is 0.490 e. The van der Waals surface area contributed by atoms with Crippen LogP contribution in [0.5, 0.6) is 0 Å². The highest BCUT2D eigenvalue weighted by Crippen LogP contribution is 2.27. The normalized spacial score (nSPS) is 13.0. The van der Waals surface area contributed by atoms with E-state index < -0.39 is 12.1 Å². The third-order valence-electron chi connectivity index (χ3n) is 4.52. The molecule has 0 atom stereocenters. The van der Waals surface area contributed by atoms with Gasteiger partial charge in [0.1, 0.15) is 0 Å². The molecule has 1 amide bonds. The van der Waals surface area contributed by atoms with Crippen molar-refractivity contribution in [2.24, 2.45) is 0 Å². The van der Waals surface area contributed by atoms with Gasteiger partial charge in [-0.15, -0.1) is 0 Å². The lowest BCUT2D eigenvalue weighted by Crippen LogP contribution is -2.31. The number of carbonyl (C=O) groups is 2. The number of carboxylic acid groups (broad SMARTS) is 1. The van der Waals surface area contributed by atoms with Crippen LogP contribution in [0.1, 0.15) is 21.6 Å². The van der Waals surface area contributed by atoms with Crippen LogP contribution in [0.2, 0.25) is 0 Å². The molecule has 10 heteroatoms. The lowest BCUT2D eigenvalue weighted by atomic mass is 10.0. The largest absolute Gasteiger partial charge is 0.490 e. The summed E-state index contributed by atoms with van der Waals surface area (Å²) in [6.45, 7) is 0.674. The zero-order valence-corrected chi connectivity index (χ0v) is 16.0. The molecule has 0 unspecified atom stereocenters. The lowest BCUT2D eigenvalue weighted by Gasteiger charge is -2.11. The number of amides is 1. The van der Waals surface area contributed by atoms with Crippen molar-refractivity contribution in [3.8, 4) is 22.5 Å². The Bertz CT molecular complexity index is 1110. The second kappa shape index (κ2) is 9.00. The summed E-state index contributed by atoms with van der Waals surface area (Å²) in [4.78, 5) is 28.6. The quantitative estimate of drug-likeness (QED) is 0.507. The van der Waals surface area contributed by atoms with Crippen molar-refractivity contribution in [2.45, 2.75) is 19.2 Å². The summed E-state index contributed by atoms with van der Waals surface area (Å²) in [5, 5.41) is 19.3. The summed E-state index contributed by atoms with van der Waals surface area (Å²) in [7, 11) is 0. The first-order chi connectivity index (χ1) is 14.7. The van der Waals surface area contributed by atoms with E-state index in [1.165, 1.54) is 0 Å². The molecule has 4 rings (SSSR count). The van der Waals surface area contributed by atoms with Crippen molar-refractivity contribution < 1.29 is 33.0 Å². The number of hydrogen-bond acceptors (Lipinski definition) is 4. The number of fused-ring (bicyclic) bond motifs is 1. The van der Waals surface area contributed by atoms with Gasteiger partial charge in [-0.05, 0) is 29.8 Å². The predicted molar refractivity (Wildman–Crippen MR) is 105 cm³/mol. The summed E-state index contributed by atoms with van der Waals surface area (Å²) in [5.74, 6) is -2.78. The number of aliphatic hydroxyl groups excluding tert-OH is 1. The van der Waals surface area contributed by atoms with E-state index in [4.69, 9.17) is 9.90 Å². The van der Waals surface area contributed by atoms with Crippen molar-refractivity contribution >= 4 is 11.9 Å². The fourth-order valence-electron chi connectivity index (χ4n) is 3.03. The van der Waals surface area contributed by atoms with Crippen LogP contribution in [0, 0.1) is 0 Å². The predicted octanol–water partition coefficient (Wildman–Crippen LogP) is 3.16. The van der Waals surface area contributed by atoms with Gasteiger partial charge in [-0.1, -0.05) is 18.2 Å². The number of aromatic amines is 1. The number of hydrogen-bond donors (Lipinski definition) is 4. The van der Waals surface area contributed by atoms with E-state index in [0.717, 1.165) is 45.8 Å². The van der Waals surface area contributed by atoms with Gasteiger partial charge in [0.05, 0.1) is 17.9 Å². The first kappa shape index (κ1) is 22.0. The maximum atomic E-state index is 11.9. The minimum atomic E-state index is -5.08. The number of nitrogens with one attached hydrogen (secondary N) is 2. The molecular weight excluding hydrogens is 415 g/mol. The summed E-state index contributed by atoms with van der Waals surface area (Å²) in [6.07, 6.45) is -2.51. The number of aliphatic hydroxyl groups is 1. The number of pyridine rings is 1. The second-order valence-electron chi connectivity index (χ2n) is 6.67. The van der Waals surface area contributed by atoms with Gasteiger partial charge in [0, 0.05) is 41.7 Å². The zero-order chi connectivity index (χ0) is 22.6. The fourth-order valence-corrected chi connectivity index (χ4v) is 3.03. The number of carboxylic acids is 1. The van der Waals surface area contributed by atoms with E-state index in [1.54, 1.807) is 6.20 Å². The van der Waals surface area contributed by atoms with E-state index >= 15 is 0 Å². The van der Waals surface area contributed by atoms with Crippen molar-refractivity contribution in [2.75, 3.05) is 6.54 Å². The number of benzene rings is 1. The number of aromatic nitrogens is 2. The van der Waals surface area contributed by atoms with Gasteiger partial charge in [-0.3, -0.25) is 9.78 Å². The number of halogens is 3. The van der Waals surface area contributed by atoms with E-state index in [2.05, 4.69) is 15.3 Å². The van der Waals surface area contributed by atoms with Gasteiger partial charge in [0.2, 0.25) is 0 Å². The van der Waals surface area contributed by atoms with Gasteiger partial charge in [0.25, 0.3) is 5.91 Å². The number of alkyl halides is 3. The molecule has 31 heavy (non-hydrogen) atoms. The molecule has 162 valence electrons. The standard InChI is InChI=1S/C19H17N3O2.C2HF3O2/c23-11-12-2-1-3-13(8-12)17-9-14(4-6-20-17)18-10-15-16(22-18)5-7-21-19(15)24;3-2(4,5)1(6)7/h1-4,6,8-10,22-23H,5,7,11H2,(H,21,24);(H,6,7). The highest BCUT2D eigenvalue weighted by atomic mass is 19.4. The average molecular weight is 433 g/mol. The van der Waals surface area contributed by atoms with Gasteiger partial charge >= 0.3 is 12.1 Å². The van der Waals surface area contributed by atoms with Gasteiger partial charge in [0.15, 0.2) is 0 Å². The number of nitrogens with zero attached hydrogens (tertiary/aromatic N) is 1. The number of rotatable bonds is 3. The highest BCUT2D eigenvalue weighted by molar-refractivity contribution is 5.97. The van der Waals surface area contributed by atoms with Crippen LogP contribution in [0.15, 0.2) is 48.7 Å². The molecule has 3 heterocycles. The molecule has 0 radical (unpaired) electrons. The smallest absolute Gasteiger partial charge is 0.475 e. The first-order valence-electron chi connectivity index (χ1n) is 9.16. The number of H-pyrrole nitrogens is 1. The molecule has 0 saturated heterocycles. The third kappa shape index (κ3) is 5.28. The number of aliphatic carboxylic acids is 1. The maximum absolute atomic E-state index is 11.9. The molecule has 0 bridgehead atoms. The van der Waals surface area contributed by atoms with Crippen LogP contribution in [-0.4, -0.2) is 44.8 Å². The van der Waals surface area contributed by atoms with Crippen LogP contribution >= 0.6 is 0 Å². The highest BCUT2D eigenvalue weighted by Gasteiger charge is 2.38. The topological polar surface area (TPSA) is 115 Å². The fraction of sp³-hybridized carbons (Fsp3) is 0.190. The Morgan fingerprint density at radius 1 is 1.13 bits per heavy atom. The summed E-state index contributed by atoms with van der Waals surface area (Å²) >= 11 is 0. The zero-order valence-electron chi connectivity index (χ0n) is 16.0. The minimum absolute atomic E-state index is 0.00594. The van der Waals surface area contributed by atoms with Crippen LogP contribution in [0.4, 0.5) is 13.2 Å². The summed E-state index contributed by atoms with van der Waals surface area (Å²) < 4.78 is 31.7. The Morgan fingerprint density at radius 2 is 1.87 bits per heavy atom. The second-order valence-corrected chi connectivity index (χ2v) is 6.67. The van der Waals surface area contributed by atoms with Crippen LogP contribution < -0.4 is 5.32 Å². The molecule has 1 aromatic carbocycles. The molecule has 3 aromatic rings. The van der Waals surface area contributed by atoms with Gasteiger partial charge < -0.3 is 20.5 Å². The Hall–Kier alpha value is -3.66. The Balaban J connectivity index is 0.000000339. The average Bonchev–Trinajstić information content (AvgIpc) is 3.20. The minimum Gasteiger partial charge on any atom is -0.475 e. The number of carbonyl (C=O) groups excluding carboxylic acids is 1. The third-order valence-corrected chi connectivity index (χ3v) is 4.52. The van der Waals surface area contributed by atoms with Crippen LogP contribution in [0.25, 0.3) is 22.5 Å². The van der Waals surface area contributed by atoms with Crippen molar-refractivity contribution in [3.63, 3.8) is 0 Å². The molecule has 0 fully saturated rings. The van der Waals surface area contributed by atoms with Crippen molar-refractivity contribution in [3.05, 3.63) is 65.5 Å². The van der Waals surface area contributed by atoms with Crippen LogP contribution in [0.3, 0.4) is 0 Å². The summed E-state index contributed by atoms with van der Waals surface area (Å²) in [6, 6.07) is 13.5. The Kier molecular flexibility index (Phi) is 6.40. The van der Waals surface area contributed by atoms with E-state index in [-0.39, 0.29) is 12.5 Å². The van der Waals surface area contributed by atoms with Gasteiger partial charge in [-0.2, -0.15) is 13.2 Å². The molecule has 0 spiro atoms. The molecule has 0 aliphatic carbocycles. The molecule has 7 nitrogen and oxygen atoms in total. The Morgan fingerprint density at radius 3 is 2.52 bits per heavy atom. The molecule has 2 aromatic heterocycles. The van der Waals surface area contributed by atoms with Gasteiger partial charge in [-0.25, -0.2) is 4.79 Å². The van der Waals surface area contributed by atoms with Crippen LogP contribution in [-0.2, 0) is 17.8 Å². The van der Waals surface area contributed by atoms with E-state index in [1.807, 2.05) is 42.5 Å². The van der Waals surface area contributed by atoms with E-state index in [9.17, 15) is 23.1 Å². The Labute approximate surface area is 174 Å². The monoisotopic (exact) mass is 433 g/mol. The molecular formula is C21H18F3N3O4. The molecule has 1 aliphatic heterocycles. The lowest BCUT2D eigenvalue weighted by molar-refractivity contribution is -0.192. The SMILES string of the molecule is O=C(O)C(F)(F)F.O=C1NCCc2[nH]c(-c3ccnc(-c4cccc(CO)c4)c3)cc21. The molecule has 1 aliphatic rings. The van der Waals surface area contributed by atoms with E-state index in [0.29, 0.717) is 6.54 Å². The van der Waals surface area contributed by atoms with Crippen molar-refractivity contribution in [1.29, 1.82) is 0 Å². The molecule has 4 N–H and O–H groups in total.